The molecule has 3 rings (SSSR count). The number of ether oxygens (including phenoxy) is 1. The van der Waals surface area contributed by atoms with Gasteiger partial charge in [0.25, 0.3) is 0 Å². The maximum Gasteiger partial charge on any atom is 0.353 e. The largest absolute Gasteiger partial charge is 0.480 e. The second-order valence-corrected chi connectivity index (χ2v) is 7.35. The summed E-state index contributed by atoms with van der Waals surface area (Å²) in [6, 6.07) is 6.50. The van der Waals surface area contributed by atoms with Crippen LogP contribution in [0.15, 0.2) is 30.3 Å². The summed E-state index contributed by atoms with van der Waals surface area (Å²) in [5, 5.41) is 16.5. The Bertz CT molecular complexity index is 898. The molecule has 1 aromatic carbocycles. The monoisotopic (exact) mass is 391 g/mol. The molecule has 0 amide bonds. The number of nitrogens with zero attached hydrogens (tertiary/aromatic N) is 1. The van der Waals surface area contributed by atoms with Crippen LogP contribution in [0.2, 0.25) is 0 Å². The highest BCUT2D eigenvalue weighted by Crippen LogP contribution is 2.26. The van der Waals surface area contributed by atoms with Gasteiger partial charge in [-0.25, -0.2) is 9.18 Å². The van der Waals surface area contributed by atoms with E-state index in [4.69, 9.17) is 15.9 Å². The van der Waals surface area contributed by atoms with Gasteiger partial charge in [0, 0.05) is 17.0 Å². The smallest absolute Gasteiger partial charge is 0.353 e. The molecule has 2 heterocycles. The summed E-state index contributed by atoms with van der Waals surface area (Å²) in [7, 11) is 0. The average molecular weight is 391 g/mol. The van der Waals surface area contributed by atoms with Gasteiger partial charge < -0.3 is 15.6 Å². The molecule has 1 aliphatic heterocycles. The Morgan fingerprint density at radius 2 is 2.15 bits per heavy atom. The number of halogens is 1. The molecule has 1 aromatic heterocycles. The van der Waals surface area contributed by atoms with E-state index in [0.29, 0.717) is 24.4 Å². The van der Waals surface area contributed by atoms with Crippen LogP contribution in [-0.4, -0.2) is 40.4 Å². The standard InChI is InChI=1S/C18H18FN3O4S/c19-12-8-10(16(20)21)3-5-14(12)26-18(25)15-6-4-11(27-15)9-22-7-1-2-13(22)17(23)24/h3-6,8,13H,1-2,7,9H2,(H3,20,21)(H,23,24)/t13-/m1/s1. The van der Waals surface area contributed by atoms with E-state index in [0.717, 1.165) is 17.4 Å². The molecule has 4 N–H and O–H groups in total. The first-order valence-electron chi connectivity index (χ1n) is 8.27. The van der Waals surface area contributed by atoms with Crippen LogP contribution in [0.5, 0.6) is 5.75 Å². The van der Waals surface area contributed by atoms with E-state index in [1.807, 2.05) is 4.90 Å². The molecular formula is C18H18FN3O4S. The van der Waals surface area contributed by atoms with Crippen LogP contribution in [0.1, 0.15) is 33.0 Å². The zero-order valence-electron chi connectivity index (χ0n) is 14.3. The first-order chi connectivity index (χ1) is 12.8. The normalized spacial score (nSPS) is 17.0. The number of nitrogen functional groups attached to an aromatic ring is 1. The maximum atomic E-state index is 14.0. The zero-order valence-corrected chi connectivity index (χ0v) is 15.1. The summed E-state index contributed by atoms with van der Waals surface area (Å²) in [6.45, 7) is 1.14. The predicted molar refractivity (Wildman–Crippen MR) is 97.8 cm³/mol. The van der Waals surface area contributed by atoms with Crippen LogP contribution < -0.4 is 10.5 Å². The number of carbonyl (C=O) groups excluding carboxylic acids is 1. The first kappa shape index (κ1) is 19.0. The molecule has 0 saturated carbocycles. The van der Waals surface area contributed by atoms with Gasteiger partial charge in [0.15, 0.2) is 11.6 Å². The zero-order chi connectivity index (χ0) is 19.6. The molecule has 1 atom stereocenters. The molecule has 9 heteroatoms. The van der Waals surface area contributed by atoms with Crippen molar-refractivity contribution in [2.24, 2.45) is 5.73 Å². The van der Waals surface area contributed by atoms with E-state index in [-0.39, 0.29) is 17.1 Å². The average Bonchev–Trinajstić information content (AvgIpc) is 3.26. The molecule has 0 aliphatic carbocycles. The predicted octanol–water partition coefficient (Wildman–Crippen LogP) is 2.44. The van der Waals surface area contributed by atoms with Crippen molar-refractivity contribution in [1.29, 1.82) is 5.41 Å². The van der Waals surface area contributed by atoms with Crippen LogP contribution in [-0.2, 0) is 11.3 Å². The summed E-state index contributed by atoms with van der Waals surface area (Å²) in [4.78, 5) is 26.5. The number of nitrogens with one attached hydrogen (secondary N) is 1. The molecule has 2 aromatic rings. The third-order valence-electron chi connectivity index (χ3n) is 4.32. The Balaban J connectivity index is 1.67. The number of hydrogen-bond acceptors (Lipinski definition) is 6. The summed E-state index contributed by atoms with van der Waals surface area (Å²) < 4.78 is 19.1. The summed E-state index contributed by atoms with van der Waals surface area (Å²) in [5.74, 6) is -2.85. The van der Waals surface area contributed by atoms with Crippen LogP contribution in [0, 0.1) is 11.2 Å². The van der Waals surface area contributed by atoms with Gasteiger partial charge in [-0.2, -0.15) is 0 Å². The lowest BCUT2D eigenvalue weighted by molar-refractivity contribution is -0.142. The second-order valence-electron chi connectivity index (χ2n) is 6.18. The Morgan fingerprint density at radius 1 is 1.37 bits per heavy atom. The van der Waals surface area contributed by atoms with Gasteiger partial charge in [-0.3, -0.25) is 15.1 Å². The number of benzene rings is 1. The molecule has 1 saturated heterocycles. The molecule has 27 heavy (non-hydrogen) atoms. The highest BCUT2D eigenvalue weighted by Gasteiger charge is 2.30. The van der Waals surface area contributed by atoms with Crippen molar-refractivity contribution in [3.05, 3.63) is 51.5 Å². The SMILES string of the molecule is N=C(N)c1ccc(OC(=O)c2ccc(CN3CCC[C@@H]3C(=O)O)s2)c(F)c1. The van der Waals surface area contributed by atoms with Crippen molar-refractivity contribution >= 4 is 29.1 Å². The van der Waals surface area contributed by atoms with Gasteiger partial charge in [0.1, 0.15) is 16.8 Å². The number of carbonyl (C=O) groups is 2. The summed E-state index contributed by atoms with van der Waals surface area (Å²) in [6.07, 6.45) is 1.44. The van der Waals surface area contributed by atoms with E-state index in [2.05, 4.69) is 0 Å². The number of rotatable bonds is 6. The third kappa shape index (κ3) is 4.32. The van der Waals surface area contributed by atoms with E-state index in [1.165, 1.54) is 23.5 Å². The van der Waals surface area contributed by atoms with Gasteiger partial charge in [-0.1, -0.05) is 0 Å². The number of nitrogens with two attached hydrogens (primary N) is 1. The van der Waals surface area contributed by atoms with Gasteiger partial charge in [-0.15, -0.1) is 11.3 Å². The molecule has 7 nitrogen and oxygen atoms in total. The fourth-order valence-corrected chi connectivity index (χ4v) is 3.88. The molecule has 0 bridgehead atoms. The Morgan fingerprint density at radius 3 is 2.81 bits per heavy atom. The van der Waals surface area contributed by atoms with Gasteiger partial charge in [-0.05, 0) is 49.7 Å². The Hall–Kier alpha value is -2.78. The fourth-order valence-electron chi connectivity index (χ4n) is 2.97. The van der Waals surface area contributed by atoms with Crippen molar-refractivity contribution in [3.8, 4) is 5.75 Å². The van der Waals surface area contributed by atoms with E-state index in [9.17, 15) is 19.1 Å². The summed E-state index contributed by atoms with van der Waals surface area (Å²) in [5.41, 5.74) is 5.49. The number of hydrogen-bond donors (Lipinski definition) is 3. The number of likely N-dealkylation sites (tertiary alicyclic amines) is 1. The Labute approximate surface area is 158 Å². The summed E-state index contributed by atoms with van der Waals surface area (Å²) >= 11 is 1.19. The number of amidine groups is 1. The van der Waals surface area contributed by atoms with Crippen molar-refractivity contribution in [1.82, 2.24) is 4.90 Å². The van der Waals surface area contributed by atoms with Crippen molar-refractivity contribution in [2.45, 2.75) is 25.4 Å². The lowest BCUT2D eigenvalue weighted by Gasteiger charge is -2.19. The number of carboxylic acid groups (broad SMARTS) is 1. The molecule has 0 unspecified atom stereocenters. The number of esters is 1. The number of thiophene rings is 1. The molecule has 0 radical (unpaired) electrons. The highest BCUT2D eigenvalue weighted by atomic mass is 32.1. The first-order valence-corrected chi connectivity index (χ1v) is 9.08. The van der Waals surface area contributed by atoms with Crippen molar-refractivity contribution in [2.75, 3.05) is 6.54 Å². The van der Waals surface area contributed by atoms with Gasteiger partial charge >= 0.3 is 11.9 Å². The quantitative estimate of drug-likeness (QED) is 0.301. The van der Waals surface area contributed by atoms with Crippen molar-refractivity contribution < 1.29 is 23.8 Å². The molecule has 1 aliphatic rings. The number of carboxylic acids is 1. The second kappa shape index (κ2) is 7.85. The third-order valence-corrected chi connectivity index (χ3v) is 5.37. The van der Waals surface area contributed by atoms with Crippen LogP contribution in [0.3, 0.4) is 0 Å². The minimum atomic E-state index is -0.840. The van der Waals surface area contributed by atoms with Gasteiger partial charge in [0.2, 0.25) is 0 Å². The maximum absolute atomic E-state index is 14.0. The lowest BCUT2D eigenvalue weighted by atomic mass is 10.2. The van der Waals surface area contributed by atoms with Crippen LogP contribution in [0.25, 0.3) is 0 Å². The molecule has 142 valence electrons. The topological polar surface area (TPSA) is 117 Å². The minimum absolute atomic E-state index is 0.198. The van der Waals surface area contributed by atoms with E-state index in [1.54, 1.807) is 12.1 Å². The molecule has 0 spiro atoms. The number of aliphatic carboxylic acids is 1. The van der Waals surface area contributed by atoms with Crippen LogP contribution in [0.4, 0.5) is 4.39 Å². The molecular weight excluding hydrogens is 373 g/mol. The van der Waals surface area contributed by atoms with Crippen molar-refractivity contribution in [3.63, 3.8) is 0 Å². The molecule has 1 fully saturated rings. The van der Waals surface area contributed by atoms with Gasteiger partial charge in [0.05, 0.1) is 0 Å². The van der Waals surface area contributed by atoms with Crippen LogP contribution >= 0.6 is 11.3 Å². The minimum Gasteiger partial charge on any atom is -0.480 e. The highest BCUT2D eigenvalue weighted by molar-refractivity contribution is 7.13. The van der Waals surface area contributed by atoms with E-state index >= 15 is 0 Å². The Kier molecular flexibility index (Phi) is 5.52. The fraction of sp³-hybridized carbons (Fsp3) is 0.278. The lowest BCUT2D eigenvalue weighted by Crippen LogP contribution is -2.35. The van der Waals surface area contributed by atoms with E-state index < -0.39 is 23.8 Å².